The molecule has 2 aromatic heterocycles. The van der Waals surface area contributed by atoms with Gasteiger partial charge in [0.05, 0.1) is 11.8 Å². The van der Waals surface area contributed by atoms with Crippen LogP contribution in [-0.4, -0.2) is 0 Å². The predicted octanol–water partition coefficient (Wildman–Crippen LogP) is 3.66. The van der Waals surface area contributed by atoms with Crippen LogP contribution in [0, 0.1) is 11.3 Å². The Morgan fingerprint density at radius 2 is 1.84 bits per heavy atom. The number of hydrogen-bond donors (Lipinski definition) is 1. The van der Waals surface area contributed by atoms with Crippen LogP contribution >= 0.6 is 0 Å². The number of hydrogen-bond acceptors (Lipinski definition) is 4. The lowest BCUT2D eigenvalue weighted by Crippen LogP contribution is -1.85. The Balaban J connectivity index is 2.30. The topological polar surface area (TPSA) is 76.1 Å². The molecule has 3 rings (SSSR count). The number of anilines is 1. The van der Waals surface area contributed by atoms with Crippen LogP contribution in [0.15, 0.2) is 57.6 Å². The summed E-state index contributed by atoms with van der Waals surface area (Å²) in [7, 11) is 0. The number of nitrogens with two attached hydrogens (primary N) is 1. The number of rotatable bonds is 2. The summed E-state index contributed by atoms with van der Waals surface area (Å²) in [5, 5.41) is 9.23. The van der Waals surface area contributed by atoms with E-state index < -0.39 is 0 Å². The lowest BCUT2D eigenvalue weighted by atomic mass is 10.0. The van der Waals surface area contributed by atoms with Gasteiger partial charge in [-0.15, -0.1) is 0 Å². The van der Waals surface area contributed by atoms with Gasteiger partial charge in [-0.25, -0.2) is 0 Å². The smallest absolute Gasteiger partial charge is 0.209 e. The summed E-state index contributed by atoms with van der Waals surface area (Å²) >= 11 is 0. The quantitative estimate of drug-likeness (QED) is 0.752. The van der Waals surface area contributed by atoms with Crippen LogP contribution in [0.1, 0.15) is 5.56 Å². The van der Waals surface area contributed by atoms with Crippen molar-refractivity contribution in [1.29, 1.82) is 5.26 Å². The monoisotopic (exact) mass is 250 g/mol. The number of nitrogens with zero attached hydrogens (tertiary/aromatic N) is 1. The molecule has 0 spiro atoms. The highest BCUT2D eigenvalue weighted by Crippen LogP contribution is 2.40. The third-order valence-corrected chi connectivity index (χ3v) is 2.85. The van der Waals surface area contributed by atoms with Crippen molar-refractivity contribution in [3.63, 3.8) is 0 Å². The number of furan rings is 2. The Bertz CT molecular complexity index is 735. The van der Waals surface area contributed by atoms with Gasteiger partial charge in [0.2, 0.25) is 5.88 Å². The lowest BCUT2D eigenvalue weighted by Gasteiger charge is -2.00. The molecule has 4 nitrogen and oxygen atoms in total. The van der Waals surface area contributed by atoms with Crippen LogP contribution in [0.3, 0.4) is 0 Å². The molecule has 92 valence electrons. The molecular weight excluding hydrogens is 240 g/mol. The average Bonchev–Trinajstić information content (AvgIpc) is 3.06. The Morgan fingerprint density at radius 3 is 2.47 bits per heavy atom. The molecule has 19 heavy (non-hydrogen) atoms. The molecule has 0 atom stereocenters. The minimum Gasteiger partial charge on any atom is -0.464 e. The molecule has 0 aliphatic carbocycles. The molecule has 4 heteroatoms. The zero-order valence-corrected chi connectivity index (χ0v) is 9.96. The van der Waals surface area contributed by atoms with Crippen LogP contribution in [-0.2, 0) is 0 Å². The van der Waals surface area contributed by atoms with E-state index in [-0.39, 0.29) is 5.88 Å². The zero-order valence-electron chi connectivity index (χ0n) is 9.96. The van der Waals surface area contributed by atoms with E-state index in [1.165, 1.54) is 0 Å². The SMILES string of the molecule is N#Cc1c(N)oc(-c2ccccc2)c1-c1ccco1. The van der Waals surface area contributed by atoms with Gasteiger partial charge in [-0.3, -0.25) is 0 Å². The summed E-state index contributed by atoms with van der Waals surface area (Å²) in [6, 6.07) is 15.1. The van der Waals surface area contributed by atoms with Crippen molar-refractivity contribution in [1.82, 2.24) is 0 Å². The molecule has 0 fully saturated rings. The van der Waals surface area contributed by atoms with E-state index in [9.17, 15) is 5.26 Å². The highest BCUT2D eigenvalue weighted by atomic mass is 16.4. The van der Waals surface area contributed by atoms with Gasteiger partial charge in [0, 0.05) is 5.56 Å². The summed E-state index contributed by atoms with van der Waals surface area (Å²) in [4.78, 5) is 0. The van der Waals surface area contributed by atoms with E-state index in [1.54, 1.807) is 18.4 Å². The second-order valence-corrected chi connectivity index (χ2v) is 4.00. The Labute approximate surface area is 109 Å². The normalized spacial score (nSPS) is 10.3. The molecular formula is C15H10N2O2. The fourth-order valence-electron chi connectivity index (χ4n) is 2.01. The van der Waals surface area contributed by atoms with Gasteiger partial charge in [0.25, 0.3) is 0 Å². The van der Waals surface area contributed by atoms with Crippen molar-refractivity contribution >= 4 is 5.88 Å². The molecule has 0 saturated heterocycles. The molecule has 0 radical (unpaired) electrons. The first-order chi connectivity index (χ1) is 9.31. The molecule has 2 N–H and O–H groups in total. The number of nitriles is 1. The van der Waals surface area contributed by atoms with E-state index in [2.05, 4.69) is 6.07 Å². The second kappa shape index (κ2) is 4.39. The third-order valence-electron chi connectivity index (χ3n) is 2.85. The van der Waals surface area contributed by atoms with E-state index in [4.69, 9.17) is 14.6 Å². The molecule has 0 unspecified atom stereocenters. The van der Waals surface area contributed by atoms with Crippen LogP contribution < -0.4 is 5.73 Å². The van der Waals surface area contributed by atoms with E-state index in [0.29, 0.717) is 22.6 Å². The van der Waals surface area contributed by atoms with E-state index in [0.717, 1.165) is 5.56 Å². The molecule has 0 saturated carbocycles. The third kappa shape index (κ3) is 1.78. The minimum absolute atomic E-state index is 0.104. The predicted molar refractivity (Wildman–Crippen MR) is 71.0 cm³/mol. The Hall–Kier alpha value is -2.93. The molecule has 3 aromatic rings. The van der Waals surface area contributed by atoms with E-state index >= 15 is 0 Å². The number of nitrogen functional groups attached to an aromatic ring is 1. The second-order valence-electron chi connectivity index (χ2n) is 4.00. The van der Waals surface area contributed by atoms with Gasteiger partial charge in [-0.05, 0) is 12.1 Å². The largest absolute Gasteiger partial charge is 0.464 e. The van der Waals surface area contributed by atoms with Crippen LogP contribution in [0.25, 0.3) is 22.6 Å². The van der Waals surface area contributed by atoms with E-state index in [1.807, 2.05) is 30.3 Å². The summed E-state index contributed by atoms with van der Waals surface area (Å²) in [6.45, 7) is 0. The summed E-state index contributed by atoms with van der Waals surface area (Å²) in [6.07, 6.45) is 1.55. The molecule has 0 amide bonds. The van der Waals surface area contributed by atoms with Gasteiger partial charge < -0.3 is 14.6 Å². The summed E-state index contributed by atoms with van der Waals surface area (Å²) in [5.41, 5.74) is 7.51. The highest BCUT2D eigenvalue weighted by molar-refractivity contribution is 5.85. The van der Waals surface area contributed by atoms with Crippen molar-refractivity contribution in [2.45, 2.75) is 0 Å². The fourth-order valence-corrected chi connectivity index (χ4v) is 2.01. The van der Waals surface area contributed by atoms with Crippen molar-refractivity contribution < 1.29 is 8.83 Å². The van der Waals surface area contributed by atoms with Gasteiger partial charge in [-0.2, -0.15) is 5.26 Å². The lowest BCUT2D eigenvalue weighted by molar-refractivity contribution is 0.577. The van der Waals surface area contributed by atoms with Crippen molar-refractivity contribution in [2.24, 2.45) is 0 Å². The maximum Gasteiger partial charge on any atom is 0.209 e. The first kappa shape index (κ1) is 11.2. The van der Waals surface area contributed by atoms with Crippen LogP contribution in [0.4, 0.5) is 5.88 Å². The van der Waals surface area contributed by atoms with Crippen molar-refractivity contribution in [2.75, 3.05) is 5.73 Å². The van der Waals surface area contributed by atoms with Gasteiger partial charge in [0.1, 0.15) is 23.2 Å². The summed E-state index contributed by atoms with van der Waals surface area (Å²) in [5.74, 6) is 1.22. The molecule has 0 aliphatic rings. The summed E-state index contributed by atoms with van der Waals surface area (Å²) < 4.78 is 10.9. The Morgan fingerprint density at radius 1 is 1.05 bits per heavy atom. The molecule has 0 bridgehead atoms. The standard InChI is InChI=1S/C15H10N2O2/c16-9-11-13(12-7-4-8-18-12)14(19-15(11)17)10-5-2-1-3-6-10/h1-8H,17H2. The Kier molecular flexibility index (Phi) is 2.58. The van der Waals surface area contributed by atoms with Crippen molar-refractivity contribution in [3.8, 4) is 28.7 Å². The molecule has 1 aromatic carbocycles. The maximum absolute atomic E-state index is 9.23. The van der Waals surface area contributed by atoms with Gasteiger partial charge in [-0.1, -0.05) is 30.3 Å². The first-order valence-electron chi connectivity index (χ1n) is 5.73. The first-order valence-corrected chi connectivity index (χ1v) is 5.73. The van der Waals surface area contributed by atoms with Crippen LogP contribution in [0.5, 0.6) is 0 Å². The number of benzene rings is 1. The fraction of sp³-hybridized carbons (Fsp3) is 0. The van der Waals surface area contributed by atoms with Crippen LogP contribution in [0.2, 0.25) is 0 Å². The highest BCUT2D eigenvalue weighted by Gasteiger charge is 2.22. The molecule has 0 aliphatic heterocycles. The zero-order chi connectivity index (χ0) is 13.2. The van der Waals surface area contributed by atoms with Gasteiger partial charge >= 0.3 is 0 Å². The molecule has 2 heterocycles. The average molecular weight is 250 g/mol. The van der Waals surface area contributed by atoms with Gasteiger partial charge in [0.15, 0.2) is 0 Å². The maximum atomic E-state index is 9.23. The van der Waals surface area contributed by atoms with Crippen molar-refractivity contribution in [3.05, 3.63) is 54.3 Å². The minimum atomic E-state index is 0.104.